The Morgan fingerprint density at radius 1 is 1.00 bits per heavy atom. The highest BCUT2D eigenvalue weighted by atomic mass is 19.1. The van der Waals surface area contributed by atoms with Gasteiger partial charge in [0.2, 0.25) is 0 Å². The quantitative estimate of drug-likeness (QED) is 0.333. The van der Waals surface area contributed by atoms with Gasteiger partial charge in [-0.2, -0.15) is 0 Å². The van der Waals surface area contributed by atoms with Crippen LogP contribution in [0.25, 0.3) is 10.9 Å². The highest BCUT2D eigenvalue weighted by Crippen LogP contribution is 2.27. The molecule has 0 aliphatic rings. The van der Waals surface area contributed by atoms with Crippen molar-refractivity contribution in [2.45, 2.75) is 13.0 Å². The minimum absolute atomic E-state index is 0.138. The highest BCUT2D eigenvalue weighted by molar-refractivity contribution is 5.83. The van der Waals surface area contributed by atoms with Crippen molar-refractivity contribution in [1.29, 1.82) is 0 Å². The second-order valence-corrected chi connectivity index (χ2v) is 8.07. The maximum absolute atomic E-state index is 13.8. The van der Waals surface area contributed by atoms with Crippen LogP contribution in [0.1, 0.15) is 17.4 Å². The lowest BCUT2D eigenvalue weighted by Crippen LogP contribution is -2.31. The van der Waals surface area contributed by atoms with Crippen molar-refractivity contribution < 1.29 is 13.9 Å². The van der Waals surface area contributed by atoms with Crippen molar-refractivity contribution in [2.75, 3.05) is 38.9 Å². The highest BCUT2D eigenvalue weighted by Gasteiger charge is 2.20. The Morgan fingerprint density at radius 2 is 1.71 bits per heavy atom. The number of aromatic nitrogens is 2. The van der Waals surface area contributed by atoms with E-state index in [0.717, 1.165) is 16.9 Å². The number of methoxy groups -OCH3 is 1. The van der Waals surface area contributed by atoms with Gasteiger partial charge in [0.05, 0.1) is 36.8 Å². The molecule has 0 N–H and O–H groups in total. The van der Waals surface area contributed by atoms with Crippen LogP contribution in [0.2, 0.25) is 0 Å². The van der Waals surface area contributed by atoms with Crippen molar-refractivity contribution in [2.24, 2.45) is 0 Å². The van der Waals surface area contributed by atoms with Gasteiger partial charge in [-0.15, -0.1) is 0 Å². The largest absolute Gasteiger partial charge is 0.382 e. The maximum Gasteiger partial charge on any atom is 0.262 e. The number of aryl methyl sites for hydroxylation is 1. The average Bonchev–Trinajstić information content (AvgIpc) is 2.86. The van der Waals surface area contributed by atoms with Crippen molar-refractivity contribution in [1.82, 2.24) is 9.55 Å². The Balaban J connectivity index is 1.78. The van der Waals surface area contributed by atoms with Gasteiger partial charge in [-0.25, -0.2) is 9.37 Å². The van der Waals surface area contributed by atoms with Gasteiger partial charge in [-0.1, -0.05) is 30.3 Å². The number of anilines is 2. The van der Waals surface area contributed by atoms with Crippen molar-refractivity contribution in [3.63, 3.8) is 0 Å². The molecule has 7 heteroatoms. The summed E-state index contributed by atoms with van der Waals surface area (Å²) in [4.78, 5) is 20.4. The molecular weight excluding hydrogens is 433 g/mol. The summed E-state index contributed by atoms with van der Waals surface area (Å²) in [5.41, 5.74) is 3.07. The average molecular weight is 462 g/mol. The van der Waals surface area contributed by atoms with Crippen LogP contribution in [0.3, 0.4) is 0 Å². The van der Waals surface area contributed by atoms with Crippen LogP contribution in [0.15, 0.2) is 77.6 Å². The molecule has 1 heterocycles. The Morgan fingerprint density at radius 3 is 2.41 bits per heavy atom. The summed E-state index contributed by atoms with van der Waals surface area (Å²) in [6, 6.07) is 21.3. The van der Waals surface area contributed by atoms with E-state index in [4.69, 9.17) is 14.5 Å². The van der Waals surface area contributed by atoms with Crippen LogP contribution < -0.4 is 10.5 Å². The molecule has 176 valence electrons. The van der Waals surface area contributed by atoms with Crippen LogP contribution in [0.5, 0.6) is 0 Å². The van der Waals surface area contributed by atoms with E-state index in [9.17, 15) is 9.18 Å². The zero-order valence-electron chi connectivity index (χ0n) is 19.6. The zero-order chi connectivity index (χ0) is 24.1. The summed E-state index contributed by atoms with van der Waals surface area (Å²) < 4.78 is 26.0. The second-order valence-electron chi connectivity index (χ2n) is 8.07. The summed E-state index contributed by atoms with van der Waals surface area (Å²) in [6.07, 6.45) is 0. The van der Waals surface area contributed by atoms with Gasteiger partial charge in [-0.05, 0) is 55.0 Å². The lowest BCUT2D eigenvalue weighted by atomic mass is 10.1. The fourth-order valence-corrected chi connectivity index (χ4v) is 4.02. The first kappa shape index (κ1) is 23.6. The summed E-state index contributed by atoms with van der Waals surface area (Å²) in [6.45, 7) is 3.06. The van der Waals surface area contributed by atoms with Gasteiger partial charge in [0.15, 0.2) is 0 Å². The number of rotatable bonds is 9. The molecule has 4 rings (SSSR count). The lowest BCUT2D eigenvalue weighted by Gasteiger charge is -2.24. The van der Waals surface area contributed by atoms with Gasteiger partial charge in [0.1, 0.15) is 11.6 Å². The molecule has 0 fully saturated rings. The van der Waals surface area contributed by atoms with Crippen LogP contribution in [-0.4, -0.2) is 43.5 Å². The number of benzene rings is 3. The summed E-state index contributed by atoms with van der Waals surface area (Å²) >= 11 is 0. The third-order valence-electron chi connectivity index (χ3n) is 5.86. The SMILES string of the molecule is COCCOCC(c1ccccc1)n1c(C)nc2ccc(N(C)c3ccc(F)cc3)cc2c1=O. The van der Waals surface area contributed by atoms with Gasteiger partial charge < -0.3 is 14.4 Å². The Hall–Kier alpha value is -3.55. The monoisotopic (exact) mass is 461 g/mol. The Kier molecular flexibility index (Phi) is 7.35. The number of hydrogen-bond acceptors (Lipinski definition) is 5. The van der Waals surface area contributed by atoms with Crippen LogP contribution >= 0.6 is 0 Å². The molecule has 34 heavy (non-hydrogen) atoms. The van der Waals surface area contributed by atoms with Crippen LogP contribution in [-0.2, 0) is 9.47 Å². The normalized spacial score (nSPS) is 12.1. The predicted octanol–water partition coefficient (Wildman–Crippen LogP) is 4.86. The molecule has 0 aliphatic heterocycles. The predicted molar refractivity (Wildman–Crippen MR) is 132 cm³/mol. The third kappa shape index (κ3) is 5.00. The first-order valence-electron chi connectivity index (χ1n) is 11.1. The van der Waals surface area contributed by atoms with Gasteiger partial charge in [-0.3, -0.25) is 9.36 Å². The van der Waals surface area contributed by atoms with Crippen molar-refractivity contribution >= 4 is 22.3 Å². The smallest absolute Gasteiger partial charge is 0.262 e. The molecule has 0 radical (unpaired) electrons. The first-order valence-corrected chi connectivity index (χ1v) is 11.1. The van der Waals surface area contributed by atoms with E-state index in [1.54, 1.807) is 23.8 Å². The summed E-state index contributed by atoms with van der Waals surface area (Å²) in [7, 11) is 3.51. The van der Waals surface area contributed by atoms with Crippen LogP contribution in [0, 0.1) is 12.7 Å². The number of halogens is 1. The topological polar surface area (TPSA) is 56.6 Å². The number of hydrogen-bond donors (Lipinski definition) is 0. The van der Waals surface area contributed by atoms with E-state index in [1.807, 2.05) is 67.4 Å². The van der Waals surface area contributed by atoms with E-state index >= 15 is 0 Å². The standard InChI is InChI=1S/C27H28FN3O3/c1-19-29-25-14-13-23(30(2)22-11-9-21(28)10-12-22)17-24(25)27(32)31(19)26(18-34-16-15-33-3)20-7-5-4-6-8-20/h4-14,17,26H,15-16,18H2,1-3H3. The van der Waals surface area contributed by atoms with Crippen LogP contribution in [0.4, 0.5) is 15.8 Å². The maximum atomic E-state index is 13.8. The molecule has 6 nitrogen and oxygen atoms in total. The first-order chi connectivity index (χ1) is 16.5. The van der Waals surface area contributed by atoms with E-state index in [-0.39, 0.29) is 17.4 Å². The number of fused-ring (bicyclic) bond motifs is 1. The fraction of sp³-hybridized carbons (Fsp3) is 0.259. The lowest BCUT2D eigenvalue weighted by molar-refractivity contribution is 0.0584. The molecule has 0 saturated heterocycles. The minimum atomic E-state index is -0.332. The second kappa shape index (κ2) is 10.6. The molecular formula is C27H28FN3O3. The molecule has 0 saturated carbocycles. The van der Waals surface area contributed by atoms with Crippen molar-refractivity contribution in [3.05, 3.63) is 100 Å². The summed E-state index contributed by atoms with van der Waals surface area (Å²) in [5, 5.41) is 0.509. The zero-order valence-corrected chi connectivity index (χ0v) is 19.6. The molecule has 3 aromatic carbocycles. The number of ether oxygens (including phenoxy) is 2. The van der Waals surface area contributed by atoms with E-state index in [1.165, 1.54) is 12.1 Å². The molecule has 0 spiro atoms. The van der Waals surface area contributed by atoms with Crippen molar-refractivity contribution in [3.8, 4) is 0 Å². The fourth-order valence-electron chi connectivity index (χ4n) is 4.02. The molecule has 4 aromatic rings. The molecule has 1 atom stereocenters. The molecule has 1 unspecified atom stereocenters. The third-order valence-corrected chi connectivity index (χ3v) is 5.86. The summed E-state index contributed by atoms with van der Waals surface area (Å²) in [5.74, 6) is 0.319. The molecule has 0 bridgehead atoms. The van der Waals surface area contributed by atoms with Gasteiger partial charge >= 0.3 is 0 Å². The van der Waals surface area contributed by atoms with Gasteiger partial charge in [0, 0.05) is 25.5 Å². The molecule has 0 aliphatic carbocycles. The Labute approximate surface area is 198 Å². The Bertz CT molecular complexity index is 1310. The molecule has 0 amide bonds. The van der Waals surface area contributed by atoms with E-state index < -0.39 is 0 Å². The van der Waals surface area contributed by atoms with Gasteiger partial charge in [0.25, 0.3) is 5.56 Å². The molecule has 1 aromatic heterocycles. The van der Waals surface area contributed by atoms with E-state index in [0.29, 0.717) is 36.5 Å². The number of nitrogens with zero attached hydrogens (tertiary/aromatic N) is 3. The minimum Gasteiger partial charge on any atom is -0.382 e. The van der Waals surface area contributed by atoms with E-state index in [2.05, 4.69) is 0 Å².